The van der Waals surface area contributed by atoms with Gasteiger partial charge in [0.2, 0.25) is 17.7 Å². The highest BCUT2D eigenvalue weighted by atomic mass is 16.7. The molecule has 1 aromatic carbocycles. The van der Waals surface area contributed by atoms with Gasteiger partial charge in [0.1, 0.15) is 24.4 Å². The smallest absolute Gasteiger partial charge is 0.226 e. The number of aliphatic hydroxyl groups excluding tert-OH is 2. The minimum atomic E-state index is -1.34. The van der Waals surface area contributed by atoms with Crippen molar-refractivity contribution in [3.05, 3.63) is 30.3 Å². The largest absolute Gasteiger partial charge is 0.388 e. The van der Waals surface area contributed by atoms with Crippen molar-refractivity contribution in [2.45, 2.75) is 173 Å². The van der Waals surface area contributed by atoms with E-state index >= 15 is 0 Å². The maximum Gasteiger partial charge on any atom is 0.226 e. The third-order valence-corrected chi connectivity index (χ3v) is 9.69. The van der Waals surface area contributed by atoms with Crippen LogP contribution >= 0.6 is 0 Å². The molecule has 0 aromatic heterocycles. The maximum atomic E-state index is 13.6. The molecule has 5 atom stereocenters. The summed E-state index contributed by atoms with van der Waals surface area (Å²) in [6.07, 6.45) is 16.3. The summed E-state index contributed by atoms with van der Waals surface area (Å²) >= 11 is 0. The average Bonchev–Trinajstić information content (AvgIpc) is 3.11. The van der Waals surface area contributed by atoms with Crippen LogP contribution in [0.1, 0.15) is 143 Å². The van der Waals surface area contributed by atoms with Gasteiger partial charge in [-0.05, 0) is 31.4 Å². The molecule has 10 heteroatoms. The quantitative estimate of drug-likeness (QED) is 0.0851. The highest BCUT2D eigenvalue weighted by molar-refractivity contribution is 5.93. The second-order valence-corrected chi connectivity index (χ2v) is 14.0. The fraction of sp³-hybridized carbons (Fsp3) is 0.775. The van der Waals surface area contributed by atoms with Crippen LogP contribution in [0, 0.1) is 0 Å². The van der Waals surface area contributed by atoms with Crippen LogP contribution in [0.3, 0.4) is 0 Å². The maximum absolute atomic E-state index is 13.6. The van der Waals surface area contributed by atoms with E-state index in [1.807, 2.05) is 37.3 Å². The van der Waals surface area contributed by atoms with Gasteiger partial charge in [-0.1, -0.05) is 122 Å². The van der Waals surface area contributed by atoms with Crippen molar-refractivity contribution in [2.24, 2.45) is 0 Å². The summed E-state index contributed by atoms with van der Waals surface area (Å²) in [4.78, 5) is 41.8. The van der Waals surface area contributed by atoms with Crippen LogP contribution in [0.2, 0.25) is 0 Å². The zero-order chi connectivity index (χ0) is 36.6. The van der Waals surface area contributed by atoms with E-state index in [0.29, 0.717) is 32.4 Å². The Morgan fingerprint density at radius 3 is 1.80 bits per heavy atom. The lowest BCUT2D eigenvalue weighted by molar-refractivity contribution is -0.258. The lowest BCUT2D eigenvalue weighted by Gasteiger charge is -2.43. The molecule has 50 heavy (non-hydrogen) atoms. The second kappa shape index (κ2) is 26.3. The number of aliphatic hydroxyl groups is 2. The van der Waals surface area contributed by atoms with E-state index in [0.717, 1.165) is 31.4 Å². The Hall–Kier alpha value is -2.53. The van der Waals surface area contributed by atoms with E-state index in [1.54, 1.807) is 9.80 Å². The molecule has 3 amide bonds. The Labute approximate surface area is 302 Å². The lowest BCUT2D eigenvalue weighted by Crippen LogP contribution is -2.65. The van der Waals surface area contributed by atoms with Crippen LogP contribution < -0.4 is 10.2 Å². The third kappa shape index (κ3) is 16.7. The first-order valence-corrected chi connectivity index (χ1v) is 19.7. The number of nitrogens with zero attached hydrogens (tertiary/aromatic N) is 2. The van der Waals surface area contributed by atoms with Crippen LogP contribution in [0.5, 0.6) is 0 Å². The van der Waals surface area contributed by atoms with Crippen molar-refractivity contribution in [1.82, 2.24) is 10.2 Å². The van der Waals surface area contributed by atoms with E-state index in [4.69, 9.17) is 9.47 Å². The summed E-state index contributed by atoms with van der Waals surface area (Å²) in [6.45, 7) is 6.41. The van der Waals surface area contributed by atoms with E-state index < -0.39 is 30.6 Å². The number of carbonyl (C=O) groups is 3. The first-order chi connectivity index (χ1) is 24.2. The standard InChI is InChI=1S/C40H69N3O7/c1-5-7-8-9-10-11-12-13-14-15-16-17-18-19-23-28-35(45)42(29-24-30-43(36(46)25-6-2)33-26-21-20-22-27-33)31-34-38(47)39(48)37(41-32(3)44)40(49-4)50-34/h20-22,26-27,34,37-40,47-48H,5-19,23-25,28-31H2,1-4H3,(H,41,44)/t34-,37-,38-,39-,40+/m1/s1. The number of anilines is 1. The predicted octanol–water partition coefficient (Wildman–Crippen LogP) is 6.90. The molecule has 1 aromatic rings. The highest BCUT2D eigenvalue weighted by Crippen LogP contribution is 2.24. The van der Waals surface area contributed by atoms with Crippen molar-refractivity contribution in [3.63, 3.8) is 0 Å². The number of benzene rings is 1. The Morgan fingerprint density at radius 2 is 1.28 bits per heavy atom. The summed E-state index contributed by atoms with van der Waals surface area (Å²) in [5.41, 5.74) is 0.822. The van der Waals surface area contributed by atoms with Gasteiger partial charge in [-0.3, -0.25) is 14.4 Å². The number of unbranched alkanes of at least 4 members (excludes halogenated alkanes) is 14. The van der Waals surface area contributed by atoms with Gasteiger partial charge in [0, 0.05) is 52.2 Å². The highest BCUT2D eigenvalue weighted by Gasteiger charge is 2.46. The number of ether oxygens (including phenoxy) is 2. The minimum absolute atomic E-state index is 0.0375. The van der Waals surface area contributed by atoms with Crippen molar-refractivity contribution in [2.75, 3.05) is 31.6 Å². The minimum Gasteiger partial charge on any atom is -0.388 e. The number of hydrogen-bond donors (Lipinski definition) is 3. The number of hydrogen-bond acceptors (Lipinski definition) is 7. The first-order valence-electron chi connectivity index (χ1n) is 19.7. The molecular weight excluding hydrogens is 634 g/mol. The van der Waals surface area contributed by atoms with Crippen molar-refractivity contribution < 1.29 is 34.1 Å². The van der Waals surface area contributed by atoms with Gasteiger partial charge in [-0.25, -0.2) is 0 Å². The summed E-state index contributed by atoms with van der Waals surface area (Å²) < 4.78 is 11.4. The van der Waals surface area contributed by atoms with Crippen molar-refractivity contribution >= 4 is 23.4 Å². The van der Waals surface area contributed by atoms with Crippen LogP contribution in [-0.2, 0) is 23.9 Å². The molecule has 1 aliphatic heterocycles. The number of rotatable bonds is 27. The molecule has 1 saturated heterocycles. The predicted molar refractivity (Wildman–Crippen MR) is 200 cm³/mol. The number of nitrogens with one attached hydrogen (secondary N) is 1. The van der Waals surface area contributed by atoms with Crippen LogP contribution in [0.25, 0.3) is 0 Å². The van der Waals surface area contributed by atoms with Gasteiger partial charge in [-0.2, -0.15) is 0 Å². The average molecular weight is 704 g/mol. The molecule has 0 saturated carbocycles. The number of carbonyl (C=O) groups excluding carboxylic acids is 3. The molecule has 2 rings (SSSR count). The molecule has 1 heterocycles. The second-order valence-electron chi connectivity index (χ2n) is 14.0. The van der Waals surface area contributed by atoms with Gasteiger partial charge in [0.25, 0.3) is 0 Å². The van der Waals surface area contributed by atoms with Crippen LogP contribution in [0.15, 0.2) is 30.3 Å². The molecule has 0 aliphatic carbocycles. The molecule has 0 radical (unpaired) electrons. The fourth-order valence-corrected chi connectivity index (χ4v) is 6.79. The molecule has 3 N–H and O–H groups in total. The Balaban J connectivity index is 1.90. The summed E-state index contributed by atoms with van der Waals surface area (Å²) in [7, 11) is 1.41. The molecule has 1 fully saturated rings. The molecule has 0 bridgehead atoms. The number of amides is 3. The van der Waals surface area contributed by atoms with E-state index in [-0.39, 0.29) is 24.3 Å². The van der Waals surface area contributed by atoms with Crippen molar-refractivity contribution in [1.29, 1.82) is 0 Å². The normalized spacial score (nSPS) is 20.4. The Morgan fingerprint density at radius 1 is 0.720 bits per heavy atom. The number of methoxy groups -OCH3 is 1. The summed E-state index contributed by atoms with van der Waals surface area (Å²) in [5.74, 6) is -0.393. The monoisotopic (exact) mass is 704 g/mol. The molecule has 0 spiro atoms. The topological polar surface area (TPSA) is 129 Å². The zero-order valence-corrected chi connectivity index (χ0v) is 31.7. The SMILES string of the molecule is CCCCCCCCCCCCCCCCCC(=O)N(CCCN(C(=O)CCC)c1ccccc1)C[C@H]1O[C@H](OC)[C@H](NC(C)=O)[C@@H](O)[C@@H]1O. The Kier molecular flexibility index (Phi) is 22.9. The molecular formula is C40H69N3O7. The number of para-hydroxylation sites is 1. The first kappa shape index (κ1) is 43.6. The van der Waals surface area contributed by atoms with Gasteiger partial charge in [-0.15, -0.1) is 0 Å². The Bertz CT molecular complexity index is 1060. The third-order valence-electron chi connectivity index (χ3n) is 9.69. The summed E-state index contributed by atoms with van der Waals surface area (Å²) in [5, 5.41) is 24.5. The van der Waals surface area contributed by atoms with Gasteiger partial charge in [0.15, 0.2) is 6.29 Å². The summed E-state index contributed by atoms with van der Waals surface area (Å²) in [6, 6.07) is 8.61. The van der Waals surface area contributed by atoms with Gasteiger partial charge >= 0.3 is 0 Å². The van der Waals surface area contributed by atoms with Crippen LogP contribution in [-0.4, -0.2) is 90.2 Å². The molecule has 1 aliphatic rings. The lowest BCUT2D eigenvalue weighted by atomic mass is 9.96. The molecule has 10 nitrogen and oxygen atoms in total. The van der Waals surface area contributed by atoms with Gasteiger partial charge in [0.05, 0.1) is 0 Å². The zero-order valence-electron chi connectivity index (χ0n) is 31.7. The van der Waals surface area contributed by atoms with Crippen LogP contribution in [0.4, 0.5) is 5.69 Å². The molecule has 0 unspecified atom stereocenters. The van der Waals surface area contributed by atoms with Crippen molar-refractivity contribution in [3.8, 4) is 0 Å². The molecule has 286 valence electrons. The fourth-order valence-electron chi connectivity index (χ4n) is 6.79. The van der Waals surface area contributed by atoms with E-state index in [2.05, 4.69) is 12.2 Å². The van der Waals surface area contributed by atoms with E-state index in [1.165, 1.54) is 91.1 Å². The van der Waals surface area contributed by atoms with Gasteiger partial charge < -0.3 is 34.8 Å². The van der Waals surface area contributed by atoms with E-state index in [9.17, 15) is 24.6 Å².